The molecule has 0 saturated carbocycles. The van der Waals surface area contributed by atoms with Gasteiger partial charge in [0.15, 0.2) is 0 Å². The van der Waals surface area contributed by atoms with Crippen LogP contribution in [0.5, 0.6) is 5.75 Å². The first kappa shape index (κ1) is 15.6. The molecule has 1 heterocycles. The molecule has 0 aliphatic carbocycles. The van der Waals surface area contributed by atoms with Crippen LogP contribution in [0.2, 0.25) is 5.02 Å². The fourth-order valence-corrected chi connectivity index (χ4v) is 2.14. The lowest BCUT2D eigenvalue weighted by atomic mass is 10.2. The van der Waals surface area contributed by atoms with Crippen LogP contribution in [-0.2, 0) is 0 Å². The normalized spacial score (nSPS) is 10.4. The summed E-state index contributed by atoms with van der Waals surface area (Å²) in [5.41, 5.74) is 0.516. The number of rotatable bonds is 4. The average molecular weight is 346 g/mol. The van der Waals surface area contributed by atoms with Gasteiger partial charge >= 0.3 is 5.97 Å². The molecule has 0 fully saturated rings. The maximum Gasteiger partial charge on any atom is 0.345 e. The highest BCUT2D eigenvalue weighted by Crippen LogP contribution is 2.24. The van der Waals surface area contributed by atoms with Gasteiger partial charge in [0.2, 0.25) is 0 Å². The summed E-state index contributed by atoms with van der Waals surface area (Å²) in [5, 5.41) is 21.4. The van der Waals surface area contributed by atoms with E-state index < -0.39 is 10.9 Å². The van der Waals surface area contributed by atoms with Crippen molar-refractivity contribution in [3.05, 3.63) is 69.5 Å². The number of benzene rings is 2. The number of nitro groups is 1. The second kappa shape index (κ2) is 6.42. The SMILES string of the molecule is O=C(Oc1ccc(-n2cnnn2)cc1)c1ccc([N+](=O)[O-])cc1Cl. The van der Waals surface area contributed by atoms with E-state index >= 15 is 0 Å². The van der Waals surface area contributed by atoms with Gasteiger partial charge in [0.25, 0.3) is 5.69 Å². The molecule has 0 unspecified atom stereocenters. The first-order valence-corrected chi connectivity index (χ1v) is 6.92. The number of hydrogen-bond acceptors (Lipinski definition) is 7. The van der Waals surface area contributed by atoms with Crippen molar-refractivity contribution in [3.8, 4) is 11.4 Å². The topological polar surface area (TPSA) is 113 Å². The van der Waals surface area contributed by atoms with Crippen molar-refractivity contribution >= 4 is 23.3 Å². The van der Waals surface area contributed by atoms with Crippen molar-refractivity contribution in [2.75, 3.05) is 0 Å². The Labute approximate surface area is 139 Å². The van der Waals surface area contributed by atoms with Crippen LogP contribution in [0.15, 0.2) is 48.8 Å². The Hall–Kier alpha value is -3.33. The van der Waals surface area contributed by atoms with Crippen LogP contribution in [0.3, 0.4) is 0 Å². The van der Waals surface area contributed by atoms with E-state index in [0.717, 1.165) is 6.07 Å². The van der Waals surface area contributed by atoms with Crippen LogP contribution in [0.1, 0.15) is 10.4 Å². The molecule has 0 aliphatic heterocycles. The minimum absolute atomic E-state index is 0.0341. The van der Waals surface area contributed by atoms with Crippen LogP contribution in [-0.4, -0.2) is 31.1 Å². The minimum atomic E-state index is -0.718. The molecule has 2 aromatic carbocycles. The molecule has 3 rings (SSSR count). The summed E-state index contributed by atoms with van der Waals surface area (Å²) in [7, 11) is 0. The first-order valence-electron chi connectivity index (χ1n) is 6.54. The van der Waals surface area contributed by atoms with Gasteiger partial charge in [0.05, 0.1) is 21.2 Å². The van der Waals surface area contributed by atoms with Crippen molar-refractivity contribution < 1.29 is 14.5 Å². The number of esters is 1. The predicted octanol–water partition coefficient (Wildman–Crippen LogP) is 2.44. The molecule has 120 valence electrons. The van der Waals surface area contributed by atoms with E-state index in [1.165, 1.54) is 23.1 Å². The largest absolute Gasteiger partial charge is 0.423 e. The van der Waals surface area contributed by atoms with E-state index in [1.807, 2.05) is 0 Å². The van der Waals surface area contributed by atoms with Crippen LogP contribution >= 0.6 is 11.6 Å². The highest BCUT2D eigenvalue weighted by Gasteiger charge is 2.16. The van der Waals surface area contributed by atoms with Crippen molar-refractivity contribution in [3.63, 3.8) is 0 Å². The first-order chi connectivity index (χ1) is 11.5. The van der Waals surface area contributed by atoms with Crippen molar-refractivity contribution in [2.24, 2.45) is 0 Å². The molecule has 0 N–H and O–H groups in total. The summed E-state index contributed by atoms with van der Waals surface area (Å²) in [6, 6.07) is 9.98. The summed E-state index contributed by atoms with van der Waals surface area (Å²) in [5.74, 6) is -0.434. The third kappa shape index (κ3) is 3.20. The molecule has 0 bridgehead atoms. The van der Waals surface area contributed by atoms with E-state index in [9.17, 15) is 14.9 Å². The van der Waals surface area contributed by atoms with Gasteiger partial charge in [-0.3, -0.25) is 10.1 Å². The smallest absolute Gasteiger partial charge is 0.345 e. The van der Waals surface area contributed by atoms with E-state index in [-0.39, 0.29) is 22.0 Å². The van der Waals surface area contributed by atoms with Crippen molar-refractivity contribution in [2.45, 2.75) is 0 Å². The lowest BCUT2D eigenvalue weighted by Gasteiger charge is -2.06. The van der Waals surface area contributed by atoms with Crippen LogP contribution in [0.4, 0.5) is 5.69 Å². The highest BCUT2D eigenvalue weighted by molar-refractivity contribution is 6.33. The lowest BCUT2D eigenvalue weighted by molar-refractivity contribution is -0.384. The summed E-state index contributed by atoms with van der Waals surface area (Å²) < 4.78 is 6.64. The molecule has 0 spiro atoms. The molecular weight excluding hydrogens is 338 g/mol. The number of aromatic nitrogens is 4. The number of ether oxygens (including phenoxy) is 1. The fourth-order valence-electron chi connectivity index (χ4n) is 1.89. The quantitative estimate of drug-likeness (QED) is 0.309. The predicted molar refractivity (Wildman–Crippen MR) is 82.2 cm³/mol. The molecule has 0 saturated heterocycles. The molecule has 9 nitrogen and oxygen atoms in total. The molecular formula is C14H8ClN5O4. The Balaban J connectivity index is 1.76. The van der Waals surface area contributed by atoms with Gasteiger partial charge in [-0.1, -0.05) is 11.6 Å². The molecule has 0 atom stereocenters. The van der Waals surface area contributed by atoms with Gasteiger partial charge in [0, 0.05) is 12.1 Å². The molecule has 1 aromatic heterocycles. The number of halogens is 1. The summed E-state index contributed by atoms with van der Waals surface area (Å²) >= 11 is 5.90. The second-order valence-corrected chi connectivity index (χ2v) is 4.97. The number of carbonyl (C=O) groups excluding carboxylic acids is 1. The number of carbonyl (C=O) groups is 1. The van der Waals surface area contributed by atoms with Gasteiger partial charge in [-0.15, -0.1) is 5.10 Å². The molecule has 3 aromatic rings. The molecule has 24 heavy (non-hydrogen) atoms. The van der Waals surface area contributed by atoms with Gasteiger partial charge < -0.3 is 4.74 Å². The number of tetrazole rings is 1. The molecule has 10 heteroatoms. The Morgan fingerprint density at radius 3 is 2.54 bits per heavy atom. The fraction of sp³-hybridized carbons (Fsp3) is 0. The Bertz CT molecular complexity index is 896. The Morgan fingerprint density at radius 1 is 1.21 bits per heavy atom. The van der Waals surface area contributed by atoms with E-state index in [0.29, 0.717) is 5.69 Å². The Morgan fingerprint density at radius 2 is 1.96 bits per heavy atom. The van der Waals surface area contributed by atoms with E-state index in [2.05, 4.69) is 15.5 Å². The maximum atomic E-state index is 12.1. The number of hydrogen-bond donors (Lipinski definition) is 0. The monoisotopic (exact) mass is 345 g/mol. The number of non-ortho nitro benzene ring substituents is 1. The zero-order chi connectivity index (χ0) is 17.1. The third-order valence-electron chi connectivity index (χ3n) is 3.04. The maximum absolute atomic E-state index is 12.1. The summed E-state index contributed by atoms with van der Waals surface area (Å²) in [6.07, 6.45) is 1.43. The van der Waals surface area contributed by atoms with Gasteiger partial charge in [0.1, 0.15) is 12.1 Å². The zero-order valence-electron chi connectivity index (χ0n) is 11.9. The van der Waals surface area contributed by atoms with Crippen LogP contribution < -0.4 is 4.74 Å². The van der Waals surface area contributed by atoms with Gasteiger partial charge in [-0.2, -0.15) is 0 Å². The van der Waals surface area contributed by atoms with Crippen LogP contribution in [0, 0.1) is 10.1 Å². The third-order valence-corrected chi connectivity index (χ3v) is 3.36. The number of nitrogens with zero attached hydrogens (tertiary/aromatic N) is 5. The summed E-state index contributed by atoms with van der Waals surface area (Å²) in [4.78, 5) is 22.2. The average Bonchev–Trinajstić information content (AvgIpc) is 3.09. The molecule has 0 radical (unpaired) electrons. The van der Waals surface area contributed by atoms with Gasteiger partial charge in [-0.05, 0) is 40.8 Å². The van der Waals surface area contributed by atoms with E-state index in [1.54, 1.807) is 24.3 Å². The van der Waals surface area contributed by atoms with Crippen LogP contribution in [0.25, 0.3) is 5.69 Å². The standard InChI is InChI=1S/C14H8ClN5O4/c15-13-7-10(20(22)23)3-6-12(13)14(21)24-11-4-1-9(2-5-11)19-8-16-17-18-19/h1-8H. The Kier molecular flexibility index (Phi) is 4.17. The number of nitro benzene ring substituents is 1. The van der Waals surface area contributed by atoms with Crippen molar-refractivity contribution in [1.29, 1.82) is 0 Å². The summed E-state index contributed by atoms with van der Waals surface area (Å²) in [6.45, 7) is 0. The second-order valence-electron chi connectivity index (χ2n) is 4.56. The van der Waals surface area contributed by atoms with Gasteiger partial charge in [-0.25, -0.2) is 9.48 Å². The van der Waals surface area contributed by atoms with E-state index in [4.69, 9.17) is 16.3 Å². The van der Waals surface area contributed by atoms with Crippen molar-refractivity contribution in [1.82, 2.24) is 20.2 Å². The molecule has 0 aliphatic rings. The molecule has 0 amide bonds. The highest BCUT2D eigenvalue weighted by atomic mass is 35.5. The lowest BCUT2D eigenvalue weighted by Crippen LogP contribution is -2.09. The minimum Gasteiger partial charge on any atom is -0.423 e. The zero-order valence-corrected chi connectivity index (χ0v) is 12.6.